The van der Waals surface area contributed by atoms with Crippen LogP contribution in [0.2, 0.25) is 0 Å². The van der Waals surface area contributed by atoms with Gasteiger partial charge in [-0.3, -0.25) is 0 Å². The number of aromatic carboxylic acids is 1. The van der Waals surface area contributed by atoms with Crippen molar-refractivity contribution >= 4 is 5.97 Å². The van der Waals surface area contributed by atoms with E-state index >= 15 is 0 Å². The van der Waals surface area contributed by atoms with Crippen molar-refractivity contribution in [3.8, 4) is 0 Å². The Morgan fingerprint density at radius 2 is 2.11 bits per heavy atom. The molecule has 0 spiro atoms. The molecule has 0 amide bonds. The van der Waals surface area contributed by atoms with Crippen LogP contribution in [0.15, 0.2) is 12.1 Å². The van der Waals surface area contributed by atoms with Crippen molar-refractivity contribution in [2.45, 2.75) is 45.6 Å². The SMILES string of the molecule is Cc1cc(C)c(C(=O)O)cc1CC1CCCCN1. The summed E-state index contributed by atoms with van der Waals surface area (Å²) < 4.78 is 0. The van der Waals surface area contributed by atoms with Gasteiger partial charge < -0.3 is 10.4 Å². The largest absolute Gasteiger partial charge is 0.478 e. The predicted molar refractivity (Wildman–Crippen MR) is 72.2 cm³/mol. The monoisotopic (exact) mass is 247 g/mol. The van der Waals surface area contributed by atoms with E-state index in [0.717, 1.165) is 24.1 Å². The summed E-state index contributed by atoms with van der Waals surface area (Å²) in [6.07, 6.45) is 4.65. The predicted octanol–water partition coefficient (Wildman–Crippen LogP) is 2.69. The van der Waals surface area contributed by atoms with Crippen LogP contribution in [0.25, 0.3) is 0 Å². The number of carboxylic acids is 1. The second-order valence-electron chi connectivity index (χ2n) is 5.25. The molecule has 1 aromatic rings. The van der Waals surface area contributed by atoms with E-state index in [0.29, 0.717) is 11.6 Å². The molecule has 0 radical (unpaired) electrons. The summed E-state index contributed by atoms with van der Waals surface area (Å²) in [7, 11) is 0. The Hall–Kier alpha value is -1.35. The third-order valence-electron chi connectivity index (χ3n) is 3.79. The van der Waals surface area contributed by atoms with Gasteiger partial charge in [0.1, 0.15) is 0 Å². The average Bonchev–Trinajstić information content (AvgIpc) is 2.33. The van der Waals surface area contributed by atoms with Crippen LogP contribution in [0.3, 0.4) is 0 Å². The highest BCUT2D eigenvalue weighted by molar-refractivity contribution is 5.89. The van der Waals surface area contributed by atoms with Gasteiger partial charge in [-0.05, 0) is 62.4 Å². The highest BCUT2D eigenvalue weighted by atomic mass is 16.4. The minimum Gasteiger partial charge on any atom is -0.478 e. The number of benzene rings is 1. The van der Waals surface area contributed by atoms with Gasteiger partial charge >= 0.3 is 5.97 Å². The summed E-state index contributed by atoms with van der Waals surface area (Å²) >= 11 is 0. The van der Waals surface area contributed by atoms with Gasteiger partial charge in [-0.1, -0.05) is 12.5 Å². The molecule has 2 rings (SSSR count). The molecule has 2 N–H and O–H groups in total. The van der Waals surface area contributed by atoms with Crippen molar-refractivity contribution in [3.05, 3.63) is 34.4 Å². The van der Waals surface area contributed by atoms with E-state index in [4.69, 9.17) is 0 Å². The van der Waals surface area contributed by atoms with Crippen molar-refractivity contribution in [1.29, 1.82) is 0 Å². The molecule has 98 valence electrons. The average molecular weight is 247 g/mol. The molecular weight excluding hydrogens is 226 g/mol. The van der Waals surface area contributed by atoms with Gasteiger partial charge in [0, 0.05) is 6.04 Å². The molecule has 0 saturated carbocycles. The first-order valence-electron chi connectivity index (χ1n) is 6.64. The first-order chi connectivity index (χ1) is 8.58. The minimum atomic E-state index is -0.828. The van der Waals surface area contributed by atoms with Crippen LogP contribution in [0, 0.1) is 13.8 Å². The number of hydrogen-bond donors (Lipinski definition) is 2. The molecule has 1 aromatic carbocycles. The fourth-order valence-corrected chi connectivity index (χ4v) is 2.71. The second-order valence-corrected chi connectivity index (χ2v) is 5.25. The minimum absolute atomic E-state index is 0.436. The zero-order chi connectivity index (χ0) is 13.1. The summed E-state index contributed by atoms with van der Waals surface area (Å²) in [6.45, 7) is 5.01. The zero-order valence-corrected chi connectivity index (χ0v) is 11.1. The maximum Gasteiger partial charge on any atom is 0.335 e. The standard InChI is InChI=1S/C15H21NO2/c1-10-7-11(2)14(15(17)18)9-12(10)8-13-5-3-4-6-16-13/h7,9,13,16H,3-6,8H2,1-2H3,(H,17,18). The smallest absolute Gasteiger partial charge is 0.335 e. The number of carboxylic acid groups (broad SMARTS) is 1. The number of rotatable bonds is 3. The quantitative estimate of drug-likeness (QED) is 0.863. The molecule has 1 fully saturated rings. The second kappa shape index (κ2) is 5.53. The molecule has 18 heavy (non-hydrogen) atoms. The summed E-state index contributed by atoms with van der Waals surface area (Å²) in [4.78, 5) is 11.2. The molecule has 0 bridgehead atoms. The van der Waals surface area contributed by atoms with E-state index in [1.807, 2.05) is 19.1 Å². The molecule has 3 heteroatoms. The van der Waals surface area contributed by atoms with Crippen LogP contribution >= 0.6 is 0 Å². The Labute approximate surface area is 108 Å². The Morgan fingerprint density at radius 1 is 1.33 bits per heavy atom. The summed E-state index contributed by atoms with van der Waals surface area (Å²) in [6, 6.07) is 4.34. The van der Waals surface area contributed by atoms with E-state index < -0.39 is 5.97 Å². The molecule has 1 aliphatic heterocycles. The Morgan fingerprint density at radius 3 is 2.72 bits per heavy atom. The highest BCUT2D eigenvalue weighted by Crippen LogP contribution is 2.20. The van der Waals surface area contributed by atoms with E-state index in [9.17, 15) is 9.90 Å². The molecular formula is C15H21NO2. The Kier molecular flexibility index (Phi) is 4.02. The van der Waals surface area contributed by atoms with E-state index in [1.165, 1.54) is 24.8 Å². The van der Waals surface area contributed by atoms with Gasteiger partial charge in [0.05, 0.1) is 5.56 Å². The van der Waals surface area contributed by atoms with Gasteiger partial charge in [0.15, 0.2) is 0 Å². The van der Waals surface area contributed by atoms with E-state index in [2.05, 4.69) is 12.2 Å². The molecule has 0 aromatic heterocycles. The first kappa shape index (κ1) is 13.1. The van der Waals surface area contributed by atoms with Crippen LogP contribution in [-0.2, 0) is 6.42 Å². The number of aryl methyl sites for hydroxylation is 2. The molecule has 0 aliphatic carbocycles. The van der Waals surface area contributed by atoms with Crippen LogP contribution in [0.1, 0.15) is 46.3 Å². The topological polar surface area (TPSA) is 49.3 Å². The van der Waals surface area contributed by atoms with Crippen molar-refractivity contribution in [3.63, 3.8) is 0 Å². The van der Waals surface area contributed by atoms with Crippen LogP contribution < -0.4 is 5.32 Å². The summed E-state index contributed by atoms with van der Waals surface area (Å²) in [5.74, 6) is -0.828. The number of carbonyl (C=O) groups is 1. The van der Waals surface area contributed by atoms with Gasteiger partial charge in [0.2, 0.25) is 0 Å². The lowest BCUT2D eigenvalue weighted by molar-refractivity contribution is 0.0696. The van der Waals surface area contributed by atoms with Crippen molar-refractivity contribution in [2.75, 3.05) is 6.54 Å². The molecule has 1 heterocycles. The third kappa shape index (κ3) is 2.91. The lowest BCUT2D eigenvalue weighted by atomic mass is 9.92. The zero-order valence-electron chi connectivity index (χ0n) is 11.1. The Bertz CT molecular complexity index is 448. The van der Waals surface area contributed by atoms with Gasteiger partial charge in [-0.25, -0.2) is 4.79 Å². The molecule has 1 aliphatic rings. The summed E-state index contributed by atoms with van der Waals surface area (Å²) in [5, 5.41) is 12.7. The number of piperidine rings is 1. The normalized spacial score (nSPS) is 19.8. The van der Waals surface area contributed by atoms with Crippen LogP contribution in [0.5, 0.6) is 0 Å². The van der Waals surface area contributed by atoms with Crippen LogP contribution in [-0.4, -0.2) is 23.7 Å². The van der Waals surface area contributed by atoms with Crippen molar-refractivity contribution in [2.24, 2.45) is 0 Å². The summed E-state index contributed by atoms with van der Waals surface area (Å²) in [5.41, 5.74) is 3.65. The molecule has 1 saturated heterocycles. The van der Waals surface area contributed by atoms with Gasteiger partial charge in [-0.15, -0.1) is 0 Å². The van der Waals surface area contributed by atoms with Gasteiger partial charge in [-0.2, -0.15) is 0 Å². The Balaban J connectivity index is 2.21. The lowest BCUT2D eigenvalue weighted by Gasteiger charge is -2.24. The molecule has 3 nitrogen and oxygen atoms in total. The fourth-order valence-electron chi connectivity index (χ4n) is 2.71. The maximum absolute atomic E-state index is 11.2. The fraction of sp³-hybridized carbons (Fsp3) is 0.533. The van der Waals surface area contributed by atoms with E-state index in [-0.39, 0.29) is 0 Å². The van der Waals surface area contributed by atoms with Crippen molar-refractivity contribution < 1.29 is 9.90 Å². The third-order valence-corrected chi connectivity index (χ3v) is 3.79. The van der Waals surface area contributed by atoms with Crippen LogP contribution in [0.4, 0.5) is 0 Å². The molecule has 1 atom stereocenters. The first-order valence-corrected chi connectivity index (χ1v) is 6.64. The van der Waals surface area contributed by atoms with E-state index in [1.54, 1.807) is 0 Å². The maximum atomic E-state index is 11.2. The number of hydrogen-bond acceptors (Lipinski definition) is 2. The lowest BCUT2D eigenvalue weighted by Crippen LogP contribution is -2.35. The highest BCUT2D eigenvalue weighted by Gasteiger charge is 2.16. The molecule has 1 unspecified atom stereocenters. The van der Waals surface area contributed by atoms with Gasteiger partial charge in [0.25, 0.3) is 0 Å². The van der Waals surface area contributed by atoms with Crippen molar-refractivity contribution in [1.82, 2.24) is 5.32 Å². The number of nitrogens with one attached hydrogen (secondary N) is 1.